The molecule has 0 spiro atoms. The molecule has 1 rings (SSSR count). The normalized spacial score (nSPS) is 7.92. The van der Waals surface area contributed by atoms with E-state index in [-0.39, 0.29) is 5.69 Å². The Morgan fingerprint density at radius 1 is 1.58 bits per heavy atom. The molecule has 0 saturated heterocycles. The summed E-state index contributed by atoms with van der Waals surface area (Å²) in [6.45, 7) is 3.50. The van der Waals surface area contributed by atoms with Gasteiger partial charge in [-0.3, -0.25) is 15.1 Å². The molecule has 0 aliphatic rings. The average molecular weight is 230 g/mol. The summed E-state index contributed by atoms with van der Waals surface area (Å²) in [5, 5.41) is 16.6. The first-order valence-corrected chi connectivity index (χ1v) is 3.50. The SMILES string of the molecule is C#N.O=[N+]([O-])c1cncc(Br)c1. The van der Waals surface area contributed by atoms with E-state index in [1.54, 1.807) is 0 Å². The summed E-state index contributed by atoms with van der Waals surface area (Å²) < 4.78 is 0.613. The van der Waals surface area contributed by atoms with Crippen molar-refractivity contribution in [3.05, 3.63) is 33.0 Å². The minimum atomic E-state index is -0.488. The summed E-state index contributed by atoms with van der Waals surface area (Å²) in [5.41, 5.74) is -0.00521. The van der Waals surface area contributed by atoms with Gasteiger partial charge in [0, 0.05) is 23.3 Å². The topological polar surface area (TPSA) is 79.8 Å². The first-order valence-electron chi connectivity index (χ1n) is 2.71. The summed E-state index contributed by atoms with van der Waals surface area (Å²) >= 11 is 3.06. The minimum Gasteiger partial charge on any atom is -0.258 e. The summed E-state index contributed by atoms with van der Waals surface area (Å²) in [6, 6.07) is 1.40. The van der Waals surface area contributed by atoms with Crippen LogP contribution in [0.5, 0.6) is 0 Å². The van der Waals surface area contributed by atoms with Crippen LogP contribution in [0.2, 0.25) is 0 Å². The van der Waals surface area contributed by atoms with E-state index in [1.807, 2.05) is 0 Å². The van der Waals surface area contributed by atoms with E-state index in [1.165, 1.54) is 18.5 Å². The van der Waals surface area contributed by atoms with E-state index in [2.05, 4.69) is 27.5 Å². The standard InChI is InChI=1S/C5H3BrN2O2.CHN/c6-4-1-5(8(9)10)3-7-2-4;1-2/h1-3H;1H. The Morgan fingerprint density at radius 2 is 2.17 bits per heavy atom. The fraction of sp³-hybridized carbons (Fsp3) is 0. The van der Waals surface area contributed by atoms with Gasteiger partial charge < -0.3 is 0 Å². The van der Waals surface area contributed by atoms with Gasteiger partial charge in [0.25, 0.3) is 5.69 Å². The van der Waals surface area contributed by atoms with Gasteiger partial charge in [-0.05, 0) is 15.9 Å². The van der Waals surface area contributed by atoms with Crippen LogP contribution < -0.4 is 0 Å². The number of hydrogen-bond donors (Lipinski definition) is 0. The highest BCUT2D eigenvalue weighted by Gasteiger charge is 2.03. The number of rotatable bonds is 1. The van der Waals surface area contributed by atoms with Crippen molar-refractivity contribution in [2.24, 2.45) is 0 Å². The van der Waals surface area contributed by atoms with E-state index in [4.69, 9.17) is 5.26 Å². The van der Waals surface area contributed by atoms with Crippen LogP contribution in [-0.2, 0) is 0 Å². The monoisotopic (exact) mass is 229 g/mol. The van der Waals surface area contributed by atoms with Crippen LogP contribution in [0.1, 0.15) is 0 Å². The minimum absolute atomic E-state index is 0.00521. The molecule has 1 heterocycles. The molecule has 0 unspecified atom stereocenters. The number of pyridine rings is 1. The highest BCUT2D eigenvalue weighted by molar-refractivity contribution is 9.10. The van der Waals surface area contributed by atoms with Crippen LogP contribution in [0.3, 0.4) is 0 Å². The first-order chi connectivity index (χ1) is 5.70. The zero-order valence-electron chi connectivity index (χ0n) is 5.85. The molecule has 12 heavy (non-hydrogen) atoms. The van der Waals surface area contributed by atoms with E-state index in [9.17, 15) is 10.1 Å². The lowest BCUT2D eigenvalue weighted by atomic mass is 10.4. The molecule has 0 bridgehead atoms. The molecule has 0 aliphatic carbocycles. The zero-order chi connectivity index (χ0) is 9.56. The lowest BCUT2D eigenvalue weighted by Crippen LogP contribution is -1.87. The van der Waals surface area contributed by atoms with E-state index < -0.39 is 4.92 Å². The van der Waals surface area contributed by atoms with Gasteiger partial charge in [-0.25, -0.2) is 5.26 Å². The van der Waals surface area contributed by atoms with E-state index >= 15 is 0 Å². The van der Waals surface area contributed by atoms with Crippen molar-refractivity contribution in [3.63, 3.8) is 0 Å². The molecule has 5 nitrogen and oxygen atoms in total. The third-order valence-corrected chi connectivity index (χ3v) is 1.33. The highest BCUT2D eigenvalue weighted by atomic mass is 79.9. The van der Waals surface area contributed by atoms with Crippen molar-refractivity contribution < 1.29 is 4.92 Å². The Balaban J connectivity index is 0.000000561. The molecule has 6 heteroatoms. The highest BCUT2D eigenvalue weighted by Crippen LogP contribution is 2.14. The Labute approximate surface area is 76.9 Å². The molecule has 1 aromatic rings. The zero-order valence-corrected chi connectivity index (χ0v) is 7.43. The lowest BCUT2D eigenvalue weighted by molar-refractivity contribution is -0.385. The van der Waals surface area contributed by atoms with Gasteiger partial charge in [0.15, 0.2) is 0 Å². The van der Waals surface area contributed by atoms with Gasteiger partial charge in [-0.15, -0.1) is 0 Å². The van der Waals surface area contributed by atoms with Crippen LogP contribution in [0.4, 0.5) is 5.69 Å². The van der Waals surface area contributed by atoms with Gasteiger partial charge in [0.1, 0.15) is 6.20 Å². The van der Waals surface area contributed by atoms with Crippen LogP contribution >= 0.6 is 15.9 Å². The van der Waals surface area contributed by atoms with Crippen molar-refractivity contribution in [1.82, 2.24) is 4.98 Å². The maximum atomic E-state index is 10.1. The van der Waals surface area contributed by atoms with Gasteiger partial charge >= 0.3 is 0 Å². The fourth-order valence-corrected chi connectivity index (χ4v) is 0.853. The molecular formula is C6H4BrN3O2. The summed E-state index contributed by atoms with van der Waals surface area (Å²) in [6.07, 6.45) is 2.69. The molecule has 0 saturated carbocycles. The van der Waals surface area contributed by atoms with Crippen molar-refractivity contribution >= 4 is 21.6 Å². The Hall–Kier alpha value is -1.48. The number of nitro groups is 1. The number of hydrogen-bond acceptors (Lipinski definition) is 4. The second-order valence-electron chi connectivity index (χ2n) is 1.62. The number of nitriles is 1. The van der Waals surface area contributed by atoms with Crippen LogP contribution in [0.15, 0.2) is 22.9 Å². The second kappa shape index (κ2) is 5.21. The molecule has 62 valence electrons. The maximum Gasteiger partial charge on any atom is 0.288 e. The summed E-state index contributed by atoms with van der Waals surface area (Å²) in [5.74, 6) is 0. The van der Waals surface area contributed by atoms with Crippen molar-refractivity contribution in [3.8, 4) is 6.57 Å². The van der Waals surface area contributed by atoms with Crippen LogP contribution in [0, 0.1) is 21.9 Å². The predicted octanol–water partition coefficient (Wildman–Crippen LogP) is 1.89. The molecule has 0 aromatic carbocycles. The summed E-state index contributed by atoms with van der Waals surface area (Å²) in [4.78, 5) is 13.2. The lowest BCUT2D eigenvalue weighted by Gasteiger charge is -1.88. The van der Waals surface area contributed by atoms with Crippen molar-refractivity contribution in [1.29, 1.82) is 5.26 Å². The smallest absolute Gasteiger partial charge is 0.258 e. The molecule has 0 amide bonds. The number of halogens is 1. The Kier molecular flexibility index (Phi) is 4.57. The van der Waals surface area contributed by atoms with Crippen LogP contribution in [0.25, 0.3) is 0 Å². The number of nitrogens with zero attached hydrogens (tertiary/aromatic N) is 3. The second-order valence-corrected chi connectivity index (χ2v) is 2.53. The number of aromatic nitrogens is 1. The third-order valence-electron chi connectivity index (χ3n) is 0.901. The van der Waals surface area contributed by atoms with Crippen molar-refractivity contribution in [2.75, 3.05) is 0 Å². The van der Waals surface area contributed by atoms with Gasteiger partial charge in [-0.1, -0.05) is 0 Å². The fourth-order valence-electron chi connectivity index (χ4n) is 0.500. The van der Waals surface area contributed by atoms with E-state index in [0.717, 1.165) is 0 Å². The molecule has 0 atom stereocenters. The molecular weight excluding hydrogens is 226 g/mol. The first kappa shape index (κ1) is 10.5. The Morgan fingerprint density at radius 3 is 2.50 bits per heavy atom. The van der Waals surface area contributed by atoms with Crippen LogP contribution in [-0.4, -0.2) is 9.91 Å². The molecule has 0 radical (unpaired) electrons. The quantitative estimate of drug-likeness (QED) is 0.544. The molecule has 0 N–H and O–H groups in total. The van der Waals surface area contributed by atoms with E-state index in [0.29, 0.717) is 4.47 Å². The maximum absolute atomic E-state index is 10.1. The Bertz CT molecular complexity index is 300. The van der Waals surface area contributed by atoms with Gasteiger partial charge in [-0.2, -0.15) is 0 Å². The largest absolute Gasteiger partial charge is 0.288 e. The molecule has 0 aliphatic heterocycles. The predicted molar refractivity (Wildman–Crippen MR) is 45.3 cm³/mol. The van der Waals surface area contributed by atoms with Gasteiger partial charge in [0.05, 0.1) is 4.92 Å². The summed E-state index contributed by atoms with van der Waals surface area (Å²) in [7, 11) is 0. The van der Waals surface area contributed by atoms with Gasteiger partial charge in [0.2, 0.25) is 0 Å². The third kappa shape index (κ3) is 3.07. The average Bonchev–Trinajstić information content (AvgIpc) is 2.08. The van der Waals surface area contributed by atoms with Crippen molar-refractivity contribution in [2.45, 2.75) is 0 Å². The molecule has 1 aromatic heterocycles. The molecule has 0 fully saturated rings.